The Balaban J connectivity index is 2.18. The van der Waals surface area contributed by atoms with Crippen molar-refractivity contribution in [3.05, 3.63) is 36.4 Å². The lowest BCUT2D eigenvalue weighted by molar-refractivity contribution is 0.416. The van der Waals surface area contributed by atoms with Crippen molar-refractivity contribution in [1.82, 2.24) is 14.3 Å². The molecule has 0 unspecified atom stereocenters. The molecule has 1 aromatic carbocycles. The molecule has 0 fully saturated rings. The van der Waals surface area contributed by atoms with Gasteiger partial charge in [0.1, 0.15) is 11.6 Å². The van der Waals surface area contributed by atoms with Crippen LogP contribution in [-0.2, 0) is 23.6 Å². The van der Waals surface area contributed by atoms with Crippen molar-refractivity contribution >= 4 is 15.7 Å². The van der Waals surface area contributed by atoms with Crippen LogP contribution in [0.1, 0.15) is 5.82 Å². The molecule has 0 saturated heterocycles. The molecule has 108 valence electrons. The van der Waals surface area contributed by atoms with Gasteiger partial charge in [-0.05, 0) is 18.2 Å². The third kappa shape index (κ3) is 2.91. The molecule has 0 saturated carbocycles. The van der Waals surface area contributed by atoms with Crippen LogP contribution >= 0.6 is 0 Å². The van der Waals surface area contributed by atoms with Crippen molar-refractivity contribution in [2.24, 2.45) is 7.05 Å². The molecule has 0 amide bonds. The van der Waals surface area contributed by atoms with Crippen LogP contribution in [-0.4, -0.2) is 25.1 Å². The Morgan fingerprint density at radius 3 is 2.75 bits per heavy atom. The van der Waals surface area contributed by atoms with Gasteiger partial charge in [-0.15, -0.1) is 0 Å². The molecule has 7 nitrogen and oxygen atoms in total. The number of hydrogen-bond donors (Lipinski definition) is 2. The van der Waals surface area contributed by atoms with Gasteiger partial charge >= 0.3 is 0 Å². The molecule has 20 heavy (non-hydrogen) atoms. The van der Waals surface area contributed by atoms with Crippen molar-refractivity contribution in [3.8, 4) is 5.75 Å². The van der Waals surface area contributed by atoms with Gasteiger partial charge in [0, 0.05) is 19.4 Å². The molecule has 0 atom stereocenters. The first-order chi connectivity index (χ1) is 9.44. The summed E-state index contributed by atoms with van der Waals surface area (Å²) in [5.41, 5.74) is 5.98. The maximum Gasteiger partial charge on any atom is 0.241 e. The number of aromatic nitrogens is 2. The van der Waals surface area contributed by atoms with E-state index in [0.29, 0.717) is 11.6 Å². The molecule has 0 spiro atoms. The number of ether oxygens (including phenoxy) is 1. The van der Waals surface area contributed by atoms with E-state index in [9.17, 15) is 8.42 Å². The van der Waals surface area contributed by atoms with Crippen molar-refractivity contribution in [3.63, 3.8) is 0 Å². The number of benzene rings is 1. The quantitative estimate of drug-likeness (QED) is 0.782. The predicted molar refractivity (Wildman–Crippen MR) is 74.6 cm³/mol. The molecule has 8 heteroatoms. The number of nitrogens with two attached hydrogens (primary N) is 1. The van der Waals surface area contributed by atoms with Crippen LogP contribution in [0.15, 0.2) is 35.5 Å². The Morgan fingerprint density at radius 1 is 1.45 bits per heavy atom. The number of hydrogen-bond acceptors (Lipinski definition) is 5. The summed E-state index contributed by atoms with van der Waals surface area (Å²) in [6.45, 7) is 0.109. The van der Waals surface area contributed by atoms with Crippen LogP contribution in [0.2, 0.25) is 0 Å². The lowest BCUT2D eigenvalue weighted by Crippen LogP contribution is -2.24. The third-order valence-electron chi connectivity index (χ3n) is 2.85. The number of sulfonamides is 1. The lowest BCUT2D eigenvalue weighted by atomic mass is 10.3. The first kappa shape index (κ1) is 14.4. The van der Waals surface area contributed by atoms with Gasteiger partial charge in [-0.2, -0.15) is 0 Å². The van der Waals surface area contributed by atoms with Crippen LogP contribution < -0.4 is 15.2 Å². The predicted octanol–water partition coefficient (Wildman–Crippen LogP) is 0.489. The highest BCUT2D eigenvalue weighted by Gasteiger charge is 2.16. The summed E-state index contributed by atoms with van der Waals surface area (Å²) in [6.07, 6.45) is 3.35. The number of nitrogens with one attached hydrogen (secondary N) is 1. The van der Waals surface area contributed by atoms with Crippen molar-refractivity contribution < 1.29 is 13.2 Å². The molecule has 0 radical (unpaired) electrons. The largest absolute Gasteiger partial charge is 0.495 e. The maximum atomic E-state index is 12.1. The zero-order valence-electron chi connectivity index (χ0n) is 11.2. The standard InChI is InChI=1S/C12H16N4O3S/c1-16-6-5-14-12(16)8-15-20(17,18)9-3-4-11(19-2)10(13)7-9/h3-7,15H,8,13H2,1-2H3. The van der Waals surface area contributed by atoms with Crippen molar-refractivity contribution in [1.29, 1.82) is 0 Å². The minimum absolute atomic E-state index is 0.0880. The van der Waals surface area contributed by atoms with Gasteiger partial charge in [0.2, 0.25) is 10.0 Å². The van der Waals surface area contributed by atoms with Crippen LogP contribution in [0.25, 0.3) is 0 Å². The highest BCUT2D eigenvalue weighted by atomic mass is 32.2. The molecule has 0 aliphatic carbocycles. The van der Waals surface area contributed by atoms with Gasteiger partial charge in [-0.3, -0.25) is 0 Å². The number of methoxy groups -OCH3 is 1. The molecule has 3 N–H and O–H groups in total. The van der Waals surface area contributed by atoms with Crippen LogP contribution in [0, 0.1) is 0 Å². The molecule has 1 heterocycles. The molecular weight excluding hydrogens is 280 g/mol. The van der Waals surface area contributed by atoms with E-state index in [0.717, 1.165) is 0 Å². The summed E-state index contributed by atoms with van der Waals surface area (Å²) in [6, 6.07) is 4.32. The monoisotopic (exact) mass is 296 g/mol. The topological polar surface area (TPSA) is 99.2 Å². The summed E-state index contributed by atoms with van der Waals surface area (Å²) in [5, 5.41) is 0. The van der Waals surface area contributed by atoms with E-state index in [4.69, 9.17) is 10.5 Å². The number of rotatable bonds is 5. The van der Waals surface area contributed by atoms with Crippen molar-refractivity contribution in [2.75, 3.05) is 12.8 Å². The Kier molecular flexibility index (Phi) is 3.96. The van der Waals surface area contributed by atoms with Crippen LogP contribution in [0.4, 0.5) is 5.69 Å². The SMILES string of the molecule is COc1ccc(S(=O)(=O)NCc2nccn2C)cc1N. The molecular formula is C12H16N4O3S. The molecule has 0 bridgehead atoms. The van der Waals surface area contributed by atoms with Gasteiger partial charge in [0.15, 0.2) is 0 Å². The van der Waals surface area contributed by atoms with Gasteiger partial charge in [-0.25, -0.2) is 18.1 Å². The normalized spacial score (nSPS) is 11.5. The average Bonchev–Trinajstić information content (AvgIpc) is 2.82. The summed E-state index contributed by atoms with van der Waals surface area (Å²) >= 11 is 0. The lowest BCUT2D eigenvalue weighted by Gasteiger charge is -2.09. The zero-order valence-corrected chi connectivity index (χ0v) is 12.0. The summed E-state index contributed by atoms with van der Waals surface area (Å²) in [7, 11) is -0.374. The molecule has 0 aliphatic rings. The van der Waals surface area contributed by atoms with E-state index in [1.54, 1.807) is 24.0 Å². The smallest absolute Gasteiger partial charge is 0.241 e. The fraction of sp³-hybridized carbons (Fsp3) is 0.250. The van der Waals surface area contributed by atoms with Gasteiger partial charge < -0.3 is 15.0 Å². The number of aryl methyl sites for hydroxylation is 1. The Hall–Kier alpha value is -2.06. The first-order valence-electron chi connectivity index (χ1n) is 5.83. The Bertz CT molecular complexity index is 709. The van der Waals surface area contributed by atoms with E-state index < -0.39 is 10.0 Å². The van der Waals surface area contributed by atoms with Gasteiger partial charge in [-0.1, -0.05) is 0 Å². The van der Waals surface area contributed by atoms with E-state index >= 15 is 0 Å². The minimum Gasteiger partial charge on any atom is -0.495 e. The third-order valence-corrected chi connectivity index (χ3v) is 4.25. The zero-order chi connectivity index (χ0) is 14.8. The summed E-state index contributed by atoms with van der Waals surface area (Å²) < 4.78 is 33.5. The summed E-state index contributed by atoms with van der Waals surface area (Å²) in [4.78, 5) is 4.14. The highest BCUT2D eigenvalue weighted by molar-refractivity contribution is 7.89. The van der Waals surface area contributed by atoms with E-state index in [-0.39, 0.29) is 17.1 Å². The number of anilines is 1. The second-order valence-corrected chi connectivity index (χ2v) is 5.95. The Morgan fingerprint density at radius 2 is 2.20 bits per heavy atom. The molecule has 0 aliphatic heterocycles. The van der Waals surface area contributed by atoms with Gasteiger partial charge in [0.25, 0.3) is 0 Å². The Labute approximate surface area is 117 Å². The molecule has 1 aromatic heterocycles. The summed E-state index contributed by atoms with van der Waals surface area (Å²) in [5.74, 6) is 1.06. The second kappa shape index (κ2) is 5.51. The van der Waals surface area contributed by atoms with E-state index in [2.05, 4.69) is 9.71 Å². The van der Waals surface area contributed by atoms with Crippen LogP contribution in [0.5, 0.6) is 5.75 Å². The van der Waals surface area contributed by atoms with Crippen LogP contribution in [0.3, 0.4) is 0 Å². The highest BCUT2D eigenvalue weighted by Crippen LogP contribution is 2.24. The van der Waals surface area contributed by atoms with E-state index in [1.807, 2.05) is 0 Å². The number of imidazole rings is 1. The maximum absolute atomic E-state index is 12.1. The fourth-order valence-corrected chi connectivity index (χ4v) is 2.70. The first-order valence-corrected chi connectivity index (χ1v) is 7.32. The second-order valence-electron chi connectivity index (χ2n) is 4.18. The van der Waals surface area contributed by atoms with Gasteiger partial charge in [0.05, 0.1) is 24.2 Å². The molecule has 2 aromatic rings. The van der Waals surface area contributed by atoms with Crippen molar-refractivity contribution in [2.45, 2.75) is 11.4 Å². The molecule has 2 rings (SSSR count). The fourth-order valence-electron chi connectivity index (χ4n) is 1.69. The van der Waals surface area contributed by atoms with E-state index in [1.165, 1.54) is 25.3 Å². The average molecular weight is 296 g/mol. The minimum atomic E-state index is -3.64. The number of nitrogens with zero attached hydrogens (tertiary/aromatic N) is 2. The number of nitrogen functional groups attached to an aromatic ring is 1.